The van der Waals surface area contributed by atoms with E-state index in [1.54, 1.807) is 17.0 Å². The van der Waals surface area contributed by atoms with Crippen molar-refractivity contribution in [1.29, 1.82) is 5.26 Å². The molecule has 33 heavy (non-hydrogen) atoms. The quantitative estimate of drug-likeness (QED) is 0.592. The normalized spacial score (nSPS) is 13.3. The first-order valence-corrected chi connectivity index (χ1v) is 10.8. The number of anilines is 2. The fraction of sp³-hybridized carbons (Fsp3) is 0.231. The second-order valence-electron chi connectivity index (χ2n) is 7.85. The molecule has 0 radical (unpaired) electrons. The van der Waals surface area contributed by atoms with Gasteiger partial charge in [0.15, 0.2) is 0 Å². The molecule has 168 valence electrons. The minimum Gasteiger partial charge on any atom is -0.489 e. The van der Waals surface area contributed by atoms with Crippen molar-refractivity contribution in [1.82, 2.24) is 4.90 Å². The summed E-state index contributed by atoms with van der Waals surface area (Å²) in [6.07, 6.45) is 0.378. The first-order chi connectivity index (χ1) is 16.1. The number of benzene rings is 3. The van der Waals surface area contributed by atoms with Crippen LogP contribution in [0.5, 0.6) is 5.75 Å². The van der Waals surface area contributed by atoms with Gasteiger partial charge in [0.05, 0.1) is 12.5 Å². The highest BCUT2D eigenvalue weighted by molar-refractivity contribution is 5.89. The average molecular weight is 445 g/mol. The number of carbonyl (C=O) groups excluding carboxylic acids is 1. The number of nitriles is 1. The first kappa shape index (κ1) is 22.2. The molecule has 6 nitrogen and oxygen atoms in total. The molecule has 0 spiro atoms. The number of urea groups is 1. The van der Waals surface area contributed by atoms with Gasteiger partial charge >= 0.3 is 6.03 Å². The van der Waals surface area contributed by atoms with E-state index in [-0.39, 0.29) is 11.8 Å². The van der Waals surface area contributed by atoms with E-state index in [0.29, 0.717) is 44.9 Å². The van der Waals surface area contributed by atoms with Crippen molar-refractivity contribution >= 4 is 17.4 Å². The van der Waals surface area contributed by atoms with Gasteiger partial charge in [0, 0.05) is 37.6 Å². The molecule has 1 fully saturated rings. The Bertz CT molecular complexity index is 1120. The van der Waals surface area contributed by atoms with Crippen LogP contribution in [0.1, 0.15) is 11.1 Å². The molecule has 1 aliphatic heterocycles. The number of rotatable bonds is 6. The molecule has 1 heterocycles. The van der Waals surface area contributed by atoms with Crippen molar-refractivity contribution in [3.63, 3.8) is 0 Å². The number of piperazine rings is 1. The van der Waals surface area contributed by atoms with Crippen LogP contribution in [-0.2, 0) is 13.0 Å². The number of amides is 2. The summed E-state index contributed by atoms with van der Waals surface area (Å²) in [6, 6.07) is 23.5. The number of hydrogen-bond acceptors (Lipinski definition) is 4. The van der Waals surface area contributed by atoms with E-state index in [0.717, 1.165) is 22.6 Å². The zero-order chi connectivity index (χ0) is 23.0. The van der Waals surface area contributed by atoms with Gasteiger partial charge in [0.25, 0.3) is 0 Å². The molecule has 3 aromatic rings. The molecule has 0 aliphatic carbocycles. The minimum absolute atomic E-state index is 0.139. The second-order valence-corrected chi connectivity index (χ2v) is 7.85. The molecule has 1 aliphatic rings. The lowest BCUT2D eigenvalue weighted by atomic mass is 10.1. The Morgan fingerprint density at radius 3 is 2.39 bits per heavy atom. The van der Waals surface area contributed by atoms with E-state index in [1.807, 2.05) is 48.5 Å². The van der Waals surface area contributed by atoms with Gasteiger partial charge < -0.3 is 19.9 Å². The van der Waals surface area contributed by atoms with Crippen LogP contribution in [-0.4, -0.2) is 37.1 Å². The van der Waals surface area contributed by atoms with E-state index < -0.39 is 0 Å². The minimum atomic E-state index is -0.252. The van der Waals surface area contributed by atoms with Crippen LogP contribution >= 0.6 is 0 Å². The Balaban J connectivity index is 1.28. The summed E-state index contributed by atoms with van der Waals surface area (Å²) >= 11 is 0. The third-order valence-corrected chi connectivity index (χ3v) is 5.55. The van der Waals surface area contributed by atoms with Crippen molar-refractivity contribution in [2.24, 2.45) is 0 Å². The van der Waals surface area contributed by atoms with Gasteiger partial charge in [-0.3, -0.25) is 0 Å². The van der Waals surface area contributed by atoms with Crippen LogP contribution < -0.4 is 15.0 Å². The molecule has 7 heteroatoms. The van der Waals surface area contributed by atoms with Gasteiger partial charge in [-0.15, -0.1) is 0 Å². The van der Waals surface area contributed by atoms with E-state index in [1.165, 1.54) is 12.1 Å². The third-order valence-electron chi connectivity index (χ3n) is 5.55. The molecule has 0 aromatic heterocycles. The fourth-order valence-corrected chi connectivity index (χ4v) is 3.72. The molecule has 0 unspecified atom stereocenters. The first-order valence-electron chi connectivity index (χ1n) is 10.8. The largest absolute Gasteiger partial charge is 0.489 e. The SMILES string of the molecule is N#CCc1ccc(OCc2cccc(NC(=O)N3CCN(c4ccc(F)cc4)CC3)c2)cc1. The summed E-state index contributed by atoms with van der Waals surface area (Å²) in [6.45, 7) is 2.94. The summed E-state index contributed by atoms with van der Waals surface area (Å²) in [5.74, 6) is 0.475. The Morgan fingerprint density at radius 1 is 0.970 bits per heavy atom. The predicted molar refractivity (Wildman–Crippen MR) is 126 cm³/mol. The number of ether oxygens (including phenoxy) is 1. The van der Waals surface area contributed by atoms with Gasteiger partial charge in [-0.2, -0.15) is 5.26 Å². The molecule has 2 amide bonds. The lowest BCUT2D eigenvalue weighted by molar-refractivity contribution is 0.208. The zero-order valence-corrected chi connectivity index (χ0v) is 18.2. The Labute approximate surface area is 192 Å². The second kappa shape index (κ2) is 10.5. The highest BCUT2D eigenvalue weighted by Crippen LogP contribution is 2.19. The maximum absolute atomic E-state index is 13.1. The molecule has 0 bridgehead atoms. The van der Waals surface area contributed by atoms with Gasteiger partial charge in [0.1, 0.15) is 18.2 Å². The Hall–Kier alpha value is -4.05. The van der Waals surface area contributed by atoms with Crippen LogP contribution in [0.15, 0.2) is 72.8 Å². The smallest absolute Gasteiger partial charge is 0.321 e. The number of nitrogens with one attached hydrogen (secondary N) is 1. The molecule has 0 atom stereocenters. The summed E-state index contributed by atoms with van der Waals surface area (Å²) in [7, 11) is 0. The molecule has 4 rings (SSSR count). The topological polar surface area (TPSA) is 68.6 Å². The maximum atomic E-state index is 13.1. The van der Waals surface area contributed by atoms with Gasteiger partial charge in [-0.1, -0.05) is 24.3 Å². The van der Waals surface area contributed by atoms with Gasteiger partial charge in [-0.25, -0.2) is 9.18 Å². The molecule has 1 N–H and O–H groups in total. The Morgan fingerprint density at radius 2 is 1.70 bits per heavy atom. The third kappa shape index (κ3) is 6.01. The van der Waals surface area contributed by atoms with Crippen molar-refractivity contribution < 1.29 is 13.9 Å². The highest BCUT2D eigenvalue weighted by atomic mass is 19.1. The van der Waals surface area contributed by atoms with Crippen LogP contribution in [0.2, 0.25) is 0 Å². The van der Waals surface area contributed by atoms with Crippen molar-refractivity contribution in [3.8, 4) is 11.8 Å². The summed E-state index contributed by atoms with van der Waals surface area (Å²) < 4.78 is 19.0. The number of hydrogen-bond donors (Lipinski definition) is 1. The van der Waals surface area contributed by atoms with Crippen LogP contribution in [0.3, 0.4) is 0 Å². The number of nitrogens with zero attached hydrogens (tertiary/aromatic N) is 3. The van der Waals surface area contributed by atoms with Gasteiger partial charge in [0.2, 0.25) is 0 Å². The van der Waals surface area contributed by atoms with E-state index in [9.17, 15) is 9.18 Å². The molecule has 3 aromatic carbocycles. The number of carbonyl (C=O) groups is 1. The van der Waals surface area contributed by atoms with Crippen molar-refractivity contribution in [2.75, 3.05) is 36.4 Å². The average Bonchev–Trinajstić information content (AvgIpc) is 2.85. The maximum Gasteiger partial charge on any atom is 0.321 e. The van der Waals surface area contributed by atoms with Crippen LogP contribution in [0.4, 0.5) is 20.6 Å². The molecular formula is C26H25FN4O2. The lowest BCUT2D eigenvalue weighted by Crippen LogP contribution is -2.50. The fourth-order valence-electron chi connectivity index (χ4n) is 3.72. The molecule has 0 saturated carbocycles. The monoisotopic (exact) mass is 444 g/mol. The number of halogens is 1. The van der Waals surface area contributed by atoms with E-state index in [2.05, 4.69) is 16.3 Å². The van der Waals surface area contributed by atoms with Crippen LogP contribution in [0, 0.1) is 17.1 Å². The lowest BCUT2D eigenvalue weighted by Gasteiger charge is -2.36. The summed E-state index contributed by atoms with van der Waals surface area (Å²) in [4.78, 5) is 16.7. The van der Waals surface area contributed by atoms with E-state index in [4.69, 9.17) is 10.00 Å². The van der Waals surface area contributed by atoms with E-state index >= 15 is 0 Å². The summed E-state index contributed by atoms with van der Waals surface area (Å²) in [5, 5.41) is 11.7. The predicted octanol–water partition coefficient (Wildman–Crippen LogP) is 4.82. The zero-order valence-electron chi connectivity index (χ0n) is 18.2. The summed E-state index contributed by atoms with van der Waals surface area (Å²) in [5.41, 5.74) is 3.57. The van der Waals surface area contributed by atoms with Crippen molar-refractivity contribution in [2.45, 2.75) is 13.0 Å². The van der Waals surface area contributed by atoms with Gasteiger partial charge in [-0.05, 0) is 59.7 Å². The molecule has 1 saturated heterocycles. The van der Waals surface area contributed by atoms with Crippen LogP contribution in [0.25, 0.3) is 0 Å². The molecular weight excluding hydrogens is 419 g/mol. The Kier molecular flexibility index (Phi) is 7.06. The highest BCUT2D eigenvalue weighted by Gasteiger charge is 2.21. The van der Waals surface area contributed by atoms with Crippen molar-refractivity contribution in [3.05, 3.63) is 89.7 Å². The standard InChI is InChI=1S/C26H25FN4O2/c27-22-6-8-24(9-7-22)30-14-16-31(17-15-30)26(32)29-23-3-1-2-21(18-23)19-33-25-10-4-20(5-11-25)12-13-28/h1-11,18H,12,14-17,19H2,(H,29,32).